The van der Waals surface area contributed by atoms with Crippen molar-refractivity contribution in [1.29, 1.82) is 0 Å². The van der Waals surface area contributed by atoms with Crippen LogP contribution in [0.3, 0.4) is 0 Å². The van der Waals surface area contributed by atoms with Gasteiger partial charge in [-0.05, 0) is 34.8 Å². The van der Waals surface area contributed by atoms with Crippen LogP contribution >= 0.6 is 0 Å². The molecular weight excluding hydrogens is 204 g/mol. The third-order valence-corrected chi connectivity index (χ3v) is 2.96. The summed E-state index contributed by atoms with van der Waals surface area (Å²) in [5.74, 6) is 0. The average molecular weight is 220 g/mol. The molecule has 0 amide bonds. The molecule has 2 rings (SSSR count). The van der Waals surface area contributed by atoms with E-state index in [-0.39, 0.29) is 0 Å². The molecule has 2 aromatic carbocycles. The fraction of sp³-hybridized carbons (Fsp3) is 0.0588. The molecule has 0 saturated heterocycles. The highest BCUT2D eigenvalue weighted by atomic mass is 14.1. The Bertz CT molecular complexity index is 547. The van der Waals surface area contributed by atoms with Crippen LogP contribution in [0.5, 0.6) is 0 Å². The second-order valence-corrected chi connectivity index (χ2v) is 4.14. The van der Waals surface area contributed by atoms with E-state index >= 15 is 0 Å². The number of hydrogen-bond acceptors (Lipinski definition) is 0. The van der Waals surface area contributed by atoms with E-state index in [1.165, 1.54) is 11.1 Å². The predicted molar refractivity (Wildman–Crippen MR) is 75.7 cm³/mol. The molecule has 0 spiro atoms. The molecule has 0 aliphatic heterocycles. The topological polar surface area (TPSA) is 0 Å². The van der Waals surface area contributed by atoms with Crippen LogP contribution in [-0.2, 0) is 0 Å². The maximum atomic E-state index is 4.16. The van der Waals surface area contributed by atoms with Crippen molar-refractivity contribution in [2.24, 2.45) is 0 Å². The van der Waals surface area contributed by atoms with E-state index in [9.17, 15) is 0 Å². The summed E-state index contributed by atoms with van der Waals surface area (Å²) in [6.45, 7) is 10.4. The maximum Gasteiger partial charge on any atom is -0.0155 e. The van der Waals surface area contributed by atoms with Gasteiger partial charge in [0.1, 0.15) is 0 Å². The molecule has 2 aromatic rings. The summed E-state index contributed by atoms with van der Waals surface area (Å²) >= 11 is 0. The highest BCUT2D eigenvalue weighted by Crippen LogP contribution is 2.29. The zero-order chi connectivity index (χ0) is 12.3. The fourth-order valence-electron chi connectivity index (χ4n) is 1.89. The van der Waals surface area contributed by atoms with Gasteiger partial charge in [-0.1, -0.05) is 67.8 Å². The van der Waals surface area contributed by atoms with Crippen LogP contribution in [-0.4, -0.2) is 0 Å². The normalized spacial score (nSPS) is 9.94. The monoisotopic (exact) mass is 220 g/mol. The standard InChI is InChI=1S/C17H16/c1-13-9-7-8-12-17(13)15(3)14(2)16-10-5-4-6-11-16/h4-12H,2-3H2,1H3. The minimum atomic E-state index is 0.986. The van der Waals surface area contributed by atoms with Crippen molar-refractivity contribution in [2.45, 2.75) is 6.92 Å². The lowest BCUT2D eigenvalue weighted by Gasteiger charge is -2.12. The largest absolute Gasteiger partial charge is 0.0906 e. The first kappa shape index (κ1) is 11.4. The molecular formula is C17H16. The Morgan fingerprint density at radius 3 is 2.00 bits per heavy atom. The number of allylic oxidation sites excluding steroid dienone is 2. The van der Waals surface area contributed by atoms with Crippen molar-refractivity contribution in [3.8, 4) is 0 Å². The summed E-state index contributed by atoms with van der Waals surface area (Å²) in [6.07, 6.45) is 0. The smallest absolute Gasteiger partial charge is 0.0155 e. The van der Waals surface area contributed by atoms with Crippen molar-refractivity contribution in [3.05, 3.63) is 84.4 Å². The van der Waals surface area contributed by atoms with Crippen LogP contribution in [0.1, 0.15) is 16.7 Å². The number of benzene rings is 2. The van der Waals surface area contributed by atoms with E-state index in [1.807, 2.05) is 30.3 Å². The second-order valence-electron chi connectivity index (χ2n) is 4.14. The Labute approximate surface area is 103 Å². The first-order chi connectivity index (χ1) is 8.20. The fourth-order valence-corrected chi connectivity index (χ4v) is 1.89. The average Bonchev–Trinajstić information content (AvgIpc) is 2.39. The third-order valence-electron chi connectivity index (χ3n) is 2.96. The molecule has 0 heteroatoms. The van der Waals surface area contributed by atoms with Crippen molar-refractivity contribution >= 4 is 11.1 Å². The van der Waals surface area contributed by atoms with Gasteiger partial charge in [0.25, 0.3) is 0 Å². The number of rotatable bonds is 3. The van der Waals surface area contributed by atoms with E-state index in [4.69, 9.17) is 0 Å². The quantitative estimate of drug-likeness (QED) is 0.656. The summed E-state index contributed by atoms with van der Waals surface area (Å²) in [5, 5.41) is 0. The van der Waals surface area contributed by atoms with Crippen LogP contribution in [0.15, 0.2) is 67.8 Å². The van der Waals surface area contributed by atoms with Gasteiger partial charge in [0.15, 0.2) is 0 Å². The predicted octanol–water partition coefficient (Wildman–Crippen LogP) is 4.72. The van der Waals surface area contributed by atoms with Crippen LogP contribution in [0.25, 0.3) is 11.1 Å². The van der Waals surface area contributed by atoms with E-state index in [2.05, 4.69) is 44.3 Å². The minimum absolute atomic E-state index is 0.986. The molecule has 0 fully saturated rings. The molecule has 17 heavy (non-hydrogen) atoms. The number of hydrogen-bond donors (Lipinski definition) is 0. The lowest BCUT2D eigenvalue weighted by atomic mass is 9.92. The summed E-state index contributed by atoms with van der Waals surface area (Å²) in [5.41, 5.74) is 5.51. The summed E-state index contributed by atoms with van der Waals surface area (Å²) in [4.78, 5) is 0. The van der Waals surface area contributed by atoms with E-state index in [1.54, 1.807) is 0 Å². The summed E-state index contributed by atoms with van der Waals surface area (Å²) < 4.78 is 0. The van der Waals surface area contributed by atoms with Gasteiger partial charge < -0.3 is 0 Å². The molecule has 0 atom stereocenters. The zero-order valence-electron chi connectivity index (χ0n) is 10.1. The van der Waals surface area contributed by atoms with Crippen LogP contribution in [0.2, 0.25) is 0 Å². The van der Waals surface area contributed by atoms with Gasteiger partial charge in [-0.25, -0.2) is 0 Å². The molecule has 0 aromatic heterocycles. The molecule has 0 bridgehead atoms. The first-order valence-electron chi connectivity index (χ1n) is 5.70. The van der Waals surface area contributed by atoms with Gasteiger partial charge in [-0.2, -0.15) is 0 Å². The van der Waals surface area contributed by atoms with Crippen molar-refractivity contribution in [2.75, 3.05) is 0 Å². The molecule has 0 aliphatic carbocycles. The van der Waals surface area contributed by atoms with E-state index < -0.39 is 0 Å². The van der Waals surface area contributed by atoms with Gasteiger partial charge in [0.05, 0.1) is 0 Å². The van der Waals surface area contributed by atoms with Crippen molar-refractivity contribution in [1.82, 2.24) is 0 Å². The Morgan fingerprint density at radius 1 is 0.765 bits per heavy atom. The van der Waals surface area contributed by atoms with Gasteiger partial charge >= 0.3 is 0 Å². The Morgan fingerprint density at radius 2 is 1.35 bits per heavy atom. The van der Waals surface area contributed by atoms with Gasteiger partial charge in [0, 0.05) is 0 Å². The molecule has 0 N–H and O–H groups in total. The molecule has 0 saturated carbocycles. The second kappa shape index (κ2) is 4.84. The molecule has 0 heterocycles. The highest BCUT2D eigenvalue weighted by molar-refractivity contribution is 6.03. The Balaban J connectivity index is 2.34. The van der Waals surface area contributed by atoms with Gasteiger partial charge in [-0.3, -0.25) is 0 Å². The van der Waals surface area contributed by atoms with E-state index in [0.717, 1.165) is 16.7 Å². The van der Waals surface area contributed by atoms with Crippen LogP contribution < -0.4 is 0 Å². The van der Waals surface area contributed by atoms with Crippen molar-refractivity contribution in [3.63, 3.8) is 0 Å². The summed E-state index contributed by atoms with van der Waals surface area (Å²) in [7, 11) is 0. The van der Waals surface area contributed by atoms with Gasteiger partial charge in [0.2, 0.25) is 0 Å². The lowest BCUT2D eigenvalue weighted by Crippen LogP contribution is -1.90. The lowest BCUT2D eigenvalue weighted by molar-refractivity contribution is 1.43. The van der Waals surface area contributed by atoms with Gasteiger partial charge in [-0.15, -0.1) is 0 Å². The molecule has 0 radical (unpaired) electrons. The first-order valence-corrected chi connectivity index (χ1v) is 5.70. The minimum Gasteiger partial charge on any atom is -0.0906 e. The molecule has 84 valence electrons. The van der Waals surface area contributed by atoms with Crippen molar-refractivity contribution < 1.29 is 0 Å². The van der Waals surface area contributed by atoms with Crippen LogP contribution in [0.4, 0.5) is 0 Å². The third kappa shape index (κ3) is 2.36. The SMILES string of the molecule is C=C(C(=C)c1ccccc1C)c1ccccc1. The molecule has 0 aliphatic rings. The highest BCUT2D eigenvalue weighted by Gasteiger charge is 2.07. The zero-order valence-corrected chi connectivity index (χ0v) is 10.1. The summed E-state index contributed by atoms with van der Waals surface area (Å²) in [6, 6.07) is 18.4. The maximum absolute atomic E-state index is 4.16. The van der Waals surface area contributed by atoms with Crippen LogP contribution in [0, 0.1) is 6.92 Å². The Kier molecular flexibility index (Phi) is 3.24. The van der Waals surface area contributed by atoms with E-state index in [0.29, 0.717) is 0 Å². The molecule has 0 nitrogen and oxygen atoms in total. The molecule has 0 unspecified atom stereocenters. The number of aryl methyl sites for hydroxylation is 1. The Hall–Kier alpha value is -2.08.